The Hall–Kier alpha value is -2.03. The standard InChI is InChI=1S/C11H8F3NO2/c1-2-17-11(16)8-4-9(12)6(5-15)3-7(8)10(13)14/h3-4,10H,2H2,1H3. The molecule has 1 aromatic rings. The highest BCUT2D eigenvalue weighted by Gasteiger charge is 2.22. The van der Waals surface area contributed by atoms with E-state index in [2.05, 4.69) is 4.74 Å². The molecule has 0 fully saturated rings. The van der Waals surface area contributed by atoms with E-state index in [0.29, 0.717) is 12.1 Å². The number of hydrogen-bond donors (Lipinski definition) is 0. The number of esters is 1. The normalized spacial score (nSPS) is 10.1. The van der Waals surface area contributed by atoms with E-state index in [9.17, 15) is 18.0 Å². The van der Waals surface area contributed by atoms with Gasteiger partial charge in [0.1, 0.15) is 11.9 Å². The molecule has 0 atom stereocenters. The van der Waals surface area contributed by atoms with Crippen LogP contribution in [0.15, 0.2) is 12.1 Å². The first-order chi connectivity index (χ1) is 8.01. The zero-order chi connectivity index (χ0) is 13.0. The number of alkyl halides is 2. The molecule has 0 radical (unpaired) electrons. The molecule has 0 heterocycles. The molecule has 1 aromatic carbocycles. The van der Waals surface area contributed by atoms with Gasteiger partial charge in [0.05, 0.1) is 17.7 Å². The Morgan fingerprint density at radius 2 is 2.18 bits per heavy atom. The molecule has 6 heteroatoms. The van der Waals surface area contributed by atoms with Crippen LogP contribution in [0.1, 0.15) is 34.8 Å². The minimum atomic E-state index is -2.98. The Bertz CT molecular complexity index is 480. The summed E-state index contributed by atoms with van der Waals surface area (Å²) in [5, 5.41) is 8.51. The molecular formula is C11H8F3NO2. The maximum absolute atomic E-state index is 13.2. The molecule has 90 valence electrons. The fraction of sp³-hybridized carbons (Fsp3) is 0.273. The van der Waals surface area contributed by atoms with Crippen LogP contribution in [0.25, 0.3) is 0 Å². The molecule has 17 heavy (non-hydrogen) atoms. The Balaban J connectivity index is 3.34. The fourth-order valence-corrected chi connectivity index (χ4v) is 1.24. The number of ether oxygens (including phenoxy) is 1. The molecule has 0 aliphatic heterocycles. The van der Waals surface area contributed by atoms with Crippen LogP contribution in [0.3, 0.4) is 0 Å². The molecule has 0 saturated heterocycles. The third-order valence-electron chi connectivity index (χ3n) is 1.99. The van der Waals surface area contributed by atoms with E-state index in [1.54, 1.807) is 0 Å². The molecule has 0 aliphatic carbocycles. The average Bonchev–Trinajstić information content (AvgIpc) is 2.28. The van der Waals surface area contributed by atoms with Crippen LogP contribution >= 0.6 is 0 Å². The van der Waals surface area contributed by atoms with E-state index in [0.717, 1.165) is 0 Å². The summed E-state index contributed by atoms with van der Waals surface area (Å²) in [5.41, 5.74) is -1.80. The van der Waals surface area contributed by atoms with Gasteiger partial charge < -0.3 is 4.74 Å². The van der Waals surface area contributed by atoms with Gasteiger partial charge in [0.15, 0.2) is 0 Å². The zero-order valence-electron chi connectivity index (χ0n) is 8.84. The van der Waals surface area contributed by atoms with Gasteiger partial charge in [-0.15, -0.1) is 0 Å². The highest BCUT2D eigenvalue weighted by atomic mass is 19.3. The molecule has 0 saturated carbocycles. The summed E-state index contributed by atoms with van der Waals surface area (Å²) in [6.07, 6.45) is -2.98. The average molecular weight is 243 g/mol. The van der Waals surface area contributed by atoms with Crippen LogP contribution < -0.4 is 0 Å². The van der Waals surface area contributed by atoms with Gasteiger partial charge in [-0.3, -0.25) is 0 Å². The Morgan fingerprint density at radius 3 is 2.65 bits per heavy atom. The lowest BCUT2D eigenvalue weighted by Crippen LogP contribution is -2.10. The summed E-state index contributed by atoms with van der Waals surface area (Å²) in [5.74, 6) is -2.06. The van der Waals surface area contributed by atoms with Crippen molar-refractivity contribution >= 4 is 5.97 Å². The third-order valence-corrected chi connectivity index (χ3v) is 1.99. The summed E-state index contributed by atoms with van der Waals surface area (Å²) in [6, 6.07) is 2.68. The van der Waals surface area contributed by atoms with Crippen molar-refractivity contribution in [2.24, 2.45) is 0 Å². The SMILES string of the molecule is CCOC(=O)c1cc(F)c(C#N)cc1C(F)F. The van der Waals surface area contributed by atoms with Crippen molar-refractivity contribution in [3.05, 3.63) is 34.6 Å². The summed E-state index contributed by atoms with van der Waals surface area (Å²) in [7, 11) is 0. The molecule has 0 aromatic heterocycles. The van der Waals surface area contributed by atoms with Crippen molar-refractivity contribution in [3.63, 3.8) is 0 Å². The summed E-state index contributed by atoms with van der Waals surface area (Å²) in [4.78, 5) is 11.3. The minimum absolute atomic E-state index is 0.0108. The van der Waals surface area contributed by atoms with E-state index < -0.39 is 34.9 Å². The minimum Gasteiger partial charge on any atom is -0.462 e. The van der Waals surface area contributed by atoms with Crippen molar-refractivity contribution in [2.45, 2.75) is 13.3 Å². The van der Waals surface area contributed by atoms with Gasteiger partial charge in [0, 0.05) is 5.56 Å². The van der Waals surface area contributed by atoms with Gasteiger partial charge in [0.2, 0.25) is 0 Å². The predicted molar refractivity (Wildman–Crippen MR) is 52.0 cm³/mol. The lowest BCUT2D eigenvalue weighted by atomic mass is 10.0. The Kier molecular flexibility index (Phi) is 4.10. The monoisotopic (exact) mass is 243 g/mol. The number of rotatable bonds is 3. The first-order valence-corrected chi connectivity index (χ1v) is 4.70. The molecule has 3 nitrogen and oxygen atoms in total. The number of benzene rings is 1. The van der Waals surface area contributed by atoms with Crippen LogP contribution in [-0.2, 0) is 4.74 Å². The highest BCUT2D eigenvalue weighted by molar-refractivity contribution is 5.91. The molecular weight excluding hydrogens is 235 g/mol. The van der Waals surface area contributed by atoms with Crippen molar-refractivity contribution in [1.29, 1.82) is 5.26 Å². The fourth-order valence-electron chi connectivity index (χ4n) is 1.24. The van der Waals surface area contributed by atoms with Crippen molar-refractivity contribution in [2.75, 3.05) is 6.61 Å². The van der Waals surface area contributed by atoms with Crippen LogP contribution in [0.2, 0.25) is 0 Å². The van der Waals surface area contributed by atoms with E-state index in [1.807, 2.05) is 0 Å². The quantitative estimate of drug-likeness (QED) is 0.767. The van der Waals surface area contributed by atoms with Crippen molar-refractivity contribution in [3.8, 4) is 6.07 Å². The van der Waals surface area contributed by atoms with E-state index in [-0.39, 0.29) is 6.61 Å². The molecule has 0 unspecified atom stereocenters. The van der Waals surface area contributed by atoms with Gasteiger partial charge in [-0.25, -0.2) is 18.0 Å². The molecule has 0 aliphatic rings. The molecule has 0 spiro atoms. The topological polar surface area (TPSA) is 50.1 Å². The number of carbonyl (C=O) groups is 1. The summed E-state index contributed by atoms with van der Waals surface area (Å²) < 4.78 is 43.0. The predicted octanol–water partition coefficient (Wildman–Crippen LogP) is 2.81. The second-order valence-electron chi connectivity index (χ2n) is 3.05. The lowest BCUT2D eigenvalue weighted by molar-refractivity contribution is 0.0515. The number of nitriles is 1. The molecule has 1 rings (SSSR count). The zero-order valence-corrected chi connectivity index (χ0v) is 8.84. The van der Waals surface area contributed by atoms with Gasteiger partial charge in [-0.05, 0) is 19.1 Å². The molecule has 0 amide bonds. The summed E-state index contributed by atoms with van der Waals surface area (Å²) in [6.45, 7) is 1.49. The van der Waals surface area contributed by atoms with E-state index in [1.165, 1.54) is 13.0 Å². The Morgan fingerprint density at radius 1 is 1.53 bits per heavy atom. The van der Waals surface area contributed by atoms with Crippen LogP contribution in [0, 0.1) is 17.1 Å². The highest BCUT2D eigenvalue weighted by Crippen LogP contribution is 2.26. The van der Waals surface area contributed by atoms with E-state index >= 15 is 0 Å². The van der Waals surface area contributed by atoms with E-state index in [4.69, 9.17) is 5.26 Å². The second kappa shape index (κ2) is 5.34. The molecule has 0 N–H and O–H groups in total. The lowest BCUT2D eigenvalue weighted by Gasteiger charge is -2.09. The largest absolute Gasteiger partial charge is 0.462 e. The van der Waals surface area contributed by atoms with Crippen LogP contribution in [-0.4, -0.2) is 12.6 Å². The van der Waals surface area contributed by atoms with Gasteiger partial charge in [0.25, 0.3) is 6.43 Å². The van der Waals surface area contributed by atoms with Crippen LogP contribution in [0.5, 0.6) is 0 Å². The number of nitrogens with zero attached hydrogens (tertiary/aromatic N) is 1. The number of halogens is 3. The van der Waals surface area contributed by atoms with Crippen molar-refractivity contribution < 1.29 is 22.7 Å². The first kappa shape index (κ1) is 13.0. The first-order valence-electron chi connectivity index (χ1n) is 4.70. The number of carbonyl (C=O) groups excluding carboxylic acids is 1. The maximum Gasteiger partial charge on any atom is 0.338 e. The second-order valence-corrected chi connectivity index (χ2v) is 3.05. The summed E-state index contributed by atoms with van der Waals surface area (Å²) >= 11 is 0. The van der Waals surface area contributed by atoms with Gasteiger partial charge >= 0.3 is 5.97 Å². The molecule has 0 bridgehead atoms. The van der Waals surface area contributed by atoms with Crippen LogP contribution in [0.4, 0.5) is 13.2 Å². The van der Waals surface area contributed by atoms with Gasteiger partial charge in [-0.1, -0.05) is 0 Å². The van der Waals surface area contributed by atoms with Gasteiger partial charge in [-0.2, -0.15) is 5.26 Å². The Labute approximate surface area is 95.4 Å². The third kappa shape index (κ3) is 2.75. The number of hydrogen-bond acceptors (Lipinski definition) is 3. The smallest absolute Gasteiger partial charge is 0.338 e. The van der Waals surface area contributed by atoms with Crippen molar-refractivity contribution in [1.82, 2.24) is 0 Å². The maximum atomic E-state index is 13.2.